The van der Waals surface area contributed by atoms with Crippen LogP contribution < -0.4 is 0 Å². The lowest BCUT2D eigenvalue weighted by molar-refractivity contribution is -0.126. The fraction of sp³-hybridized carbons (Fsp3) is 0.591. The topological polar surface area (TPSA) is 45.5 Å². The number of carbonyl (C=O) groups excluding carboxylic acids is 1. The summed E-state index contributed by atoms with van der Waals surface area (Å²) >= 11 is 0. The minimum absolute atomic E-state index is 0.0855. The van der Waals surface area contributed by atoms with E-state index in [1.54, 1.807) is 0 Å². The van der Waals surface area contributed by atoms with Gasteiger partial charge in [0.2, 0.25) is 0 Å². The number of carbonyl (C=O) groups is 1. The van der Waals surface area contributed by atoms with Gasteiger partial charge in [0.15, 0.2) is 0 Å². The summed E-state index contributed by atoms with van der Waals surface area (Å²) in [6.07, 6.45) is 5.68. The van der Waals surface area contributed by atoms with Crippen molar-refractivity contribution in [3.8, 4) is 0 Å². The fourth-order valence-corrected chi connectivity index (χ4v) is 5.24. The van der Waals surface area contributed by atoms with E-state index in [2.05, 4.69) is 54.9 Å². The number of aliphatic hydroxyl groups is 1. The second kappa shape index (κ2) is 6.82. The molecule has 1 aromatic carbocycles. The van der Waals surface area contributed by atoms with Gasteiger partial charge < -0.3 is 14.6 Å². The predicted molar refractivity (Wildman–Crippen MR) is 104 cm³/mol. The Morgan fingerprint density at radius 2 is 2.15 bits per heavy atom. The molecule has 1 aliphatic heterocycles. The second-order valence-electron chi connectivity index (χ2n) is 8.38. The zero-order chi connectivity index (χ0) is 18.4. The van der Waals surface area contributed by atoms with E-state index in [-0.39, 0.29) is 18.4 Å². The summed E-state index contributed by atoms with van der Waals surface area (Å²) in [7, 11) is 4.30. The third-order valence-corrected chi connectivity index (χ3v) is 6.81. The molecule has 1 aliphatic carbocycles. The lowest BCUT2D eigenvalue weighted by Crippen LogP contribution is -2.49. The molecule has 0 radical (unpaired) electrons. The quantitative estimate of drug-likeness (QED) is 0.897. The number of aliphatic hydroxyl groups excluding tert-OH is 1. The lowest BCUT2D eigenvalue weighted by Gasteiger charge is -2.45. The number of rotatable bonds is 5. The molecular formula is C22H30N2O2. The van der Waals surface area contributed by atoms with Gasteiger partial charge >= 0.3 is 0 Å². The maximum absolute atomic E-state index is 12.9. The first-order valence-electron chi connectivity index (χ1n) is 9.94. The van der Waals surface area contributed by atoms with E-state index in [0.717, 1.165) is 25.8 Å². The van der Waals surface area contributed by atoms with E-state index in [1.165, 1.54) is 22.0 Å². The van der Waals surface area contributed by atoms with Crippen molar-refractivity contribution >= 4 is 16.7 Å². The van der Waals surface area contributed by atoms with Gasteiger partial charge in [-0.1, -0.05) is 25.5 Å². The number of hydrogen-bond acceptors (Lipinski definition) is 3. The summed E-state index contributed by atoms with van der Waals surface area (Å²) in [6, 6.07) is 7.12. The van der Waals surface area contributed by atoms with E-state index in [4.69, 9.17) is 0 Å². The summed E-state index contributed by atoms with van der Waals surface area (Å²) < 4.78 is 2.24. The van der Waals surface area contributed by atoms with Crippen molar-refractivity contribution in [2.75, 3.05) is 20.2 Å². The number of Topliss-reactive ketones (excluding diaryl/α,β-unsaturated/α-hetero) is 1. The molecule has 1 saturated heterocycles. The molecule has 1 aromatic heterocycles. The minimum Gasteiger partial charge on any atom is -0.396 e. The highest BCUT2D eigenvalue weighted by atomic mass is 16.3. The van der Waals surface area contributed by atoms with Gasteiger partial charge in [0.25, 0.3) is 0 Å². The summed E-state index contributed by atoms with van der Waals surface area (Å²) in [5.41, 5.74) is 4.17. The number of benzene rings is 1. The third-order valence-electron chi connectivity index (χ3n) is 6.81. The Balaban J connectivity index is 1.64. The Morgan fingerprint density at radius 1 is 1.35 bits per heavy atom. The molecule has 3 unspecified atom stereocenters. The molecule has 0 amide bonds. The van der Waals surface area contributed by atoms with Crippen LogP contribution >= 0.6 is 0 Å². The highest BCUT2D eigenvalue weighted by molar-refractivity contribution is 5.89. The van der Waals surface area contributed by atoms with Crippen LogP contribution in [0.2, 0.25) is 0 Å². The first-order chi connectivity index (χ1) is 12.5. The van der Waals surface area contributed by atoms with Crippen LogP contribution in [0.1, 0.15) is 43.2 Å². The Hall–Kier alpha value is -1.65. The zero-order valence-electron chi connectivity index (χ0n) is 16.1. The number of hydrogen-bond donors (Lipinski definition) is 1. The van der Waals surface area contributed by atoms with Crippen molar-refractivity contribution in [3.63, 3.8) is 0 Å². The number of fused-ring (bicyclic) bond motifs is 2. The summed E-state index contributed by atoms with van der Waals surface area (Å²) in [4.78, 5) is 15.3. The number of piperidine rings is 1. The molecule has 0 bridgehead atoms. The highest BCUT2D eigenvalue weighted by Gasteiger charge is 2.41. The Morgan fingerprint density at radius 3 is 2.88 bits per heavy atom. The van der Waals surface area contributed by atoms with E-state index in [9.17, 15) is 9.90 Å². The van der Waals surface area contributed by atoms with Crippen LogP contribution in [0.4, 0.5) is 0 Å². The van der Waals surface area contributed by atoms with Gasteiger partial charge in [-0.3, -0.25) is 4.79 Å². The number of likely N-dealkylation sites (tertiary alicyclic amines) is 1. The molecule has 1 fully saturated rings. The van der Waals surface area contributed by atoms with Gasteiger partial charge in [-0.05, 0) is 43.0 Å². The molecule has 2 aromatic rings. The van der Waals surface area contributed by atoms with E-state index in [0.29, 0.717) is 24.2 Å². The van der Waals surface area contributed by atoms with Crippen molar-refractivity contribution in [3.05, 3.63) is 35.5 Å². The van der Waals surface area contributed by atoms with Crippen molar-refractivity contribution in [2.45, 2.75) is 44.6 Å². The van der Waals surface area contributed by atoms with Gasteiger partial charge in [-0.25, -0.2) is 0 Å². The first kappa shape index (κ1) is 17.7. The standard InChI is InChI=1S/C22H30N2O2/c1-4-14(13-25)8-21(26)15-9-18-17-6-5-7-19-22(17)16(12-23(19)2)10-20(18)24(3)11-15/h5-7,12,14-15,18,20,25H,4,8-11,13H2,1-3H3/t14?,15?,18?,20-/m1/s1. The number of nitrogens with zero attached hydrogens (tertiary/aromatic N) is 2. The molecule has 140 valence electrons. The Kier molecular flexibility index (Phi) is 4.66. The van der Waals surface area contributed by atoms with Crippen LogP contribution in [0.3, 0.4) is 0 Å². The predicted octanol–water partition coefficient (Wildman–Crippen LogP) is 3.12. The van der Waals surface area contributed by atoms with Gasteiger partial charge in [-0.2, -0.15) is 0 Å². The van der Waals surface area contributed by atoms with Gasteiger partial charge in [0, 0.05) is 61.6 Å². The zero-order valence-corrected chi connectivity index (χ0v) is 16.1. The number of aryl methyl sites for hydroxylation is 1. The number of ketones is 1. The summed E-state index contributed by atoms with van der Waals surface area (Å²) in [6.45, 7) is 3.01. The number of likely N-dealkylation sites (N-methyl/N-ethyl adjacent to an activating group) is 1. The minimum atomic E-state index is 0.0855. The van der Waals surface area contributed by atoms with Crippen molar-refractivity contribution < 1.29 is 9.90 Å². The average Bonchev–Trinajstić information content (AvgIpc) is 2.97. The molecule has 4 atom stereocenters. The second-order valence-corrected chi connectivity index (χ2v) is 8.38. The van der Waals surface area contributed by atoms with Crippen LogP contribution in [-0.2, 0) is 18.3 Å². The third kappa shape index (κ3) is 2.80. The van der Waals surface area contributed by atoms with Gasteiger partial charge in [0.05, 0.1) is 0 Å². The molecular weight excluding hydrogens is 324 g/mol. The SMILES string of the molecule is CCC(CO)CC(=O)C1CC2c3cccc4c3c(cn4C)C[C@H]2N(C)C1. The molecule has 4 heteroatoms. The maximum Gasteiger partial charge on any atom is 0.137 e. The number of aromatic nitrogens is 1. The fourth-order valence-electron chi connectivity index (χ4n) is 5.24. The first-order valence-corrected chi connectivity index (χ1v) is 9.94. The monoisotopic (exact) mass is 354 g/mol. The molecule has 2 heterocycles. The van der Waals surface area contributed by atoms with Gasteiger partial charge in [-0.15, -0.1) is 0 Å². The molecule has 1 N–H and O–H groups in total. The van der Waals surface area contributed by atoms with Crippen LogP contribution in [0.25, 0.3) is 10.9 Å². The van der Waals surface area contributed by atoms with E-state index >= 15 is 0 Å². The van der Waals surface area contributed by atoms with Crippen molar-refractivity contribution in [2.24, 2.45) is 18.9 Å². The smallest absolute Gasteiger partial charge is 0.137 e. The molecule has 4 nitrogen and oxygen atoms in total. The van der Waals surface area contributed by atoms with Crippen LogP contribution in [0, 0.1) is 11.8 Å². The van der Waals surface area contributed by atoms with Crippen LogP contribution in [0.15, 0.2) is 24.4 Å². The molecule has 2 aliphatic rings. The lowest BCUT2D eigenvalue weighted by atomic mass is 9.71. The van der Waals surface area contributed by atoms with Crippen LogP contribution in [0.5, 0.6) is 0 Å². The van der Waals surface area contributed by atoms with Crippen molar-refractivity contribution in [1.29, 1.82) is 0 Å². The molecule has 4 rings (SSSR count). The van der Waals surface area contributed by atoms with Crippen molar-refractivity contribution in [1.82, 2.24) is 9.47 Å². The largest absolute Gasteiger partial charge is 0.396 e. The Labute approximate surface area is 155 Å². The summed E-state index contributed by atoms with van der Waals surface area (Å²) in [5, 5.41) is 10.9. The highest BCUT2D eigenvalue weighted by Crippen LogP contribution is 2.45. The summed E-state index contributed by atoms with van der Waals surface area (Å²) in [5.74, 6) is 0.959. The van der Waals surface area contributed by atoms with E-state index < -0.39 is 0 Å². The normalized spacial score (nSPS) is 26.7. The van der Waals surface area contributed by atoms with Gasteiger partial charge in [0.1, 0.15) is 5.78 Å². The molecule has 26 heavy (non-hydrogen) atoms. The average molecular weight is 354 g/mol. The molecule has 0 spiro atoms. The van der Waals surface area contributed by atoms with Crippen LogP contribution in [-0.4, -0.2) is 46.6 Å². The maximum atomic E-state index is 12.9. The Bertz CT molecular complexity index is 821. The van der Waals surface area contributed by atoms with E-state index in [1.807, 2.05) is 0 Å². The molecule has 0 saturated carbocycles.